The number of allylic oxidation sites excluding steroid dienone is 2. The van der Waals surface area contributed by atoms with Gasteiger partial charge in [-0.05, 0) is 50.6 Å². The van der Waals surface area contributed by atoms with E-state index in [0.717, 1.165) is 6.42 Å². The number of hydrogen-bond acceptors (Lipinski definition) is 4. The molecule has 2 saturated carbocycles. The smallest absolute Gasteiger partial charge is 0.171 e. The van der Waals surface area contributed by atoms with Crippen LogP contribution in [0.5, 0.6) is 0 Å². The van der Waals surface area contributed by atoms with Gasteiger partial charge in [-0.15, -0.1) is 0 Å². The van der Waals surface area contributed by atoms with E-state index >= 15 is 0 Å². The number of rotatable bonds is 3. The standard InChI is InChI=1S/C20H34O4Si/c1-18(2,3)17(23-25(6)7)20-12-9-8-11(10-12)13(20)15(21)14-16(20)22-24-19(14,4)5/h8-9,11-17,21,25H,10H2,1-7H3. The normalized spacial score (nSPS) is 48.2. The summed E-state index contributed by atoms with van der Waals surface area (Å²) in [7, 11) is -1.26. The minimum atomic E-state index is -1.26. The lowest BCUT2D eigenvalue weighted by Crippen LogP contribution is -2.57. The second-order valence-corrected chi connectivity index (χ2v) is 12.9. The summed E-state index contributed by atoms with van der Waals surface area (Å²) in [4.78, 5) is 11.8. The van der Waals surface area contributed by atoms with Crippen LogP contribution in [-0.2, 0) is 14.2 Å². The van der Waals surface area contributed by atoms with E-state index in [1.54, 1.807) is 0 Å². The van der Waals surface area contributed by atoms with Gasteiger partial charge in [0.2, 0.25) is 0 Å². The first kappa shape index (κ1) is 18.2. The minimum Gasteiger partial charge on any atom is -0.416 e. The van der Waals surface area contributed by atoms with Gasteiger partial charge in [0.25, 0.3) is 0 Å². The lowest BCUT2D eigenvalue weighted by atomic mass is 9.59. The molecule has 2 bridgehead atoms. The molecule has 0 radical (unpaired) electrons. The van der Waals surface area contributed by atoms with Gasteiger partial charge in [-0.25, -0.2) is 9.78 Å². The second-order valence-electron chi connectivity index (χ2n) is 10.6. The van der Waals surface area contributed by atoms with Crippen LogP contribution in [0, 0.1) is 34.5 Å². The van der Waals surface area contributed by atoms with Gasteiger partial charge in [0, 0.05) is 17.3 Å². The Balaban J connectivity index is 1.87. The Labute approximate surface area is 153 Å². The predicted octanol–water partition coefficient (Wildman–Crippen LogP) is 3.31. The molecule has 4 aliphatic rings. The Kier molecular flexibility index (Phi) is 3.94. The zero-order chi connectivity index (χ0) is 18.4. The number of aliphatic hydroxyl groups excluding tert-OH is 1. The number of aliphatic hydroxyl groups is 1. The topological polar surface area (TPSA) is 47.9 Å². The van der Waals surface area contributed by atoms with Crippen LogP contribution in [0.4, 0.5) is 0 Å². The van der Waals surface area contributed by atoms with Gasteiger partial charge >= 0.3 is 0 Å². The van der Waals surface area contributed by atoms with Crippen LogP contribution in [0.2, 0.25) is 13.1 Å². The van der Waals surface area contributed by atoms with Gasteiger partial charge in [-0.2, -0.15) is 0 Å². The first-order chi connectivity index (χ1) is 11.5. The highest BCUT2D eigenvalue weighted by Gasteiger charge is 2.78. The largest absolute Gasteiger partial charge is 0.416 e. The van der Waals surface area contributed by atoms with Crippen LogP contribution in [-0.4, -0.2) is 38.1 Å². The summed E-state index contributed by atoms with van der Waals surface area (Å²) in [6.45, 7) is 15.4. The van der Waals surface area contributed by atoms with E-state index in [2.05, 4.69) is 59.9 Å². The third-order valence-electron chi connectivity index (χ3n) is 7.17. The molecule has 4 rings (SSSR count). The van der Waals surface area contributed by atoms with Crippen molar-refractivity contribution < 1.29 is 19.3 Å². The first-order valence-corrected chi connectivity index (χ1v) is 12.7. The fraction of sp³-hybridized carbons (Fsp3) is 0.900. The molecule has 0 aromatic carbocycles. The Bertz CT molecular complexity index is 581. The molecule has 1 heterocycles. The molecule has 3 fully saturated rings. The van der Waals surface area contributed by atoms with Crippen molar-refractivity contribution in [1.82, 2.24) is 0 Å². The van der Waals surface area contributed by atoms with Crippen molar-refractivity contribution in [3.8, 4) is 0 Å². The van der Waals surface area contributed by atoms with Crippen LogP contribution in [0.15, 0.2) is 12.2 Å². The van der Waals surface area contributed by atoms with E-state index < -0.39 is 20.7 Å². The zero-order valence-electron chi connectivity index (χ0n) is 16.7. The fourth-order valence-corrected chi connectivity index (χ4v) is 7.85. The van der Waals surface area contributed by atoms with Crippen LogP contribution in [0.3, 0.4) is 0 Å². The van der Waals surface area contributed by atoms with Gasteiger partial charge < -0.3 is 9.53 Å². The molecule has 8 atom stereocenters. The molecule has 142 valence electrons. The lowest BCUT2D eigenvalue weighted by Gasteiger charge is -2.51. The molecule has 0 spiro atoms. The van der Waals surface area contributed by atoms with Crippen molar-refractivity contribution in [2.75, 3.05) is 0 Å². The first-order valence-electron chi connectivity index (χ1n) is 9.87. The number of hydrogen-bond donors (Lipinski definition) is 1. The van der Waals surface area contributed by atoms with E-state index in [0.29, 0.717) is 11.8 Å². The maximum atomic E-state index is 11.4. The third kappa shape index (κ3) is 2.26. The summed E-state index contributed by atoms with van der Waals surface area (Å²) >= 11 is 0. The van der Waals surface area contributed by atoms with Gasteiger partial charge in [0.15, 0.2) is 9.04 Å². The van der Waals surface area contributed by atoms with Crippen LogP contribution in [0.1, 0.15) is 41.0 Å². The molecule has 1 saturated heterocycles. The quantitative estimate of drug-likeness (QED) is 0.473. The average Bonchev–Trinajstić information content (AvgIpc) is 3.17. The average molecular weight is 367 g/mol. The summed E-state index contributed by atoms with van der Waals surface area (Å²) in [5.41, 5.74) is -0.663. The van der Waals surface area contributed by atoms with Crippen LogP contribution < -0.4 is 0 Å². The molecule has 0 aromatic heterocycles. The second kappa shape index (κ2) is 5.41. The monoisotopic (exact) mass is 366 g/mol. The molecule has 1 aliphatic heterocycles. The van der Waals surface area contributed by atoms with Crippen LogP contribution in [0.25, 0.3) is 0 Å². The van der Waals surface area contributed by atoms with Crippen molar-refractivity contribution in [3.63, 3.8) is 0 Å². The number of fused-ring (bicyclic) bond motifs is 7. The van der Waals surface area contributed by atoms with Gasteiger partial charge in [0.1, 0.15) is 11.7 Å². The van der Waals surface area contributed by atoms with Crippen molar-refractivity contribution in [1.29, 1.82) is 0 Å². The highest BCUT2D eigenvalue weighted by atomic mass is 28.3. The Morgan fingerprint density at radius 2 is 1.88 bits per heavy atom. The minimum absolute atomic E-state index is 0.00461. The van der Waals surface area contributed by atoms with E-state index in [-0.39, 0.29) is 34.9 Å². The summed E-state index contributed by atoms with van der Waals surface area (Å²) in [5.74, 6) is 1.05. The Morgan fingerprint density at radius 3 is 2.48 bits per heavy atom. The summed E-state index contributed by atoms with van der Waals surface area (Å²) < 4.78 is 6.74. The van der Waals surface area contributed by atoms with Gasteiger partial charge in [-0.1, -0.05) is 32.9 Å². The zero-order valence-corrected chi connectivity index (χ0v) is 17.8. The Morgan fingerprint density at radius 1 is 1.20 bits per heavy atom. The molecule has 0 amide bonds. The predicted molar refractivity (Wildman–Crippen MR) is 99.4 cm³/mol. The molecular formula is C20H34O4Si. The van der Waals surface area contributed by atoms with E-state index in [4.69, 9.17) is 14.2 Å². The highest BCUT2D eigenvalue weighted by molar-refractivity contribution is 6.48. The SMILES string of the molecule is C[SiH](C)OC(C(C)(C)C)C12C3C=CC(C3)C1C(O)C1C2OOC1(C)C. The Hall–Kier alpha value is -0.203. The van der Waals surface area contributed by atoms with Gasteiger partial charge in [0.05, 0.1) is 12.2 Å². The third-order valence-corrected chi connectivity index (χ3v) is 7.99. The van der Waals surface area contributed by atoms with Crippen molar-refractivity contribution in [2.45, 2.75) is 78.0 Å². The molecule has 0 aromatic rings. The molecule has 4 nitrogen and oxygen atoms in total. The maximum Gasteiger partial charge on any atom is 0.171 e. The van der Waals surface area contributed by atoms with E-state index in [1.165, 1.54) is 0 Å². The van der Waals surface area contributed by atoms with E-state index in [9.17, 15) is 5.11 Å². The van der Waals surface area contributed by atoms with Gasteiger partial charge in [-0.3, -0.25) is 0 Å². The summed E-state index contributed by atoms with van der Waals surface area (Å²) in [5, 5.41) is 11.4. The molecule has 5 heteroatoms. The molecule has 1 N–H and O–H groups in total. The maximum absolute atomic E-state index is 11.4. The highest BCUT2D eigenvalue weighted by Crippen LogP contribution is 2.72. The lowest BCUT2D eigenvalue weighted by molar-refractivity contribution is -0.346. The van der Waals surface area contributed by atoms with Crippen molar-refractivity contribution in [2.24, 2.45) is 34.5 Å². The molecule has 8 unspecified atom stereocenters. The van der Waals surface area contributed by atoms with Crippen molar-refractivity contribution >= 4 is 9.04 Å². The van der Waals surface area contributed by atoms with Crippen LogP contribution >= 0.6 is 0 Å². The molecular weight excluding hydrogens is 332 g/mol. The molecule has 3 aliphatic carbocycles. The molecule has 25 heavy (non-hydrogen) atoms. The fourth-order valence-electron chi connectivity index (χ4n) is 6.66. The van der Waals surface area contributed by atoms with E-state index in [1.807, 2.05) is 0 Å². The summed E-state index contributed by atoms with van der Waals surface area (Å²) in [6, 6.07) is 0. The van der Waals surface area contributed by atoms with Crippen molar-refractivity contribution in [3.05, 3.63) is 12.2 Å². The summed E-state index contributed by atoms with van der Waals surface area (Å²) in [6.07, 6.45) is 5.39.